The van der Waals surface area contributed by atoms with Gasteiger partial charge in [-0.1, -0.05) is 29.3 Å². The van der Waals surface area contributed by atoms with E-state index in [-0.39, 0.29) is 23.8 Å². The summed E-state index contributed by atoms with van der Waals surface area (Å²) < 4.78 is 5.39. The predicted molar refractivity (Wildman–Crippen MR) is 92.4 cm³/mol. The molecule has 2 N–H and O–H groups in total. The van der Waals surface area contributed by atoms with Crippen LogP contribution in [-0.4, -0.2) is 36.0 Å². The Kier molecular flexibility index (Phi) is 3.98. The molecule has 3 fully saturated rings. The summed E-state index contributed by atoms with van der Waals surface area (Å²) in [7, 11) is 0. The summed E-state index contributed by atoms with van der Waals surface area (Å²) in [4.78, 5) is 15.0. The molecule has 24 heavy (non-hydrogen) atoms. The maximum Gasteiger partial charge on any atom is 0.260 e. The van der Waals surface area contributed by atoms with E-state index < -0.39 is 5.54 Å². The number of guanidine groups is 1. The highest BCUT2D eigenvalue weighted by molar-refractivity contribution is 6.42. The fourth-order valence-electron chi connectivity index (χ4n) is 3.85. The van der Waals surface area contributed by atoms with E-state index in [1.807, 2.05) is 6.07 Å². The van der Waals surface area contributed by atoms with Crippen molar-refractivity contribution in [2.45, 2.75) is 37.3 Å². The lowest BCUT2D eigenvalue weighted by atomic mass is 9.84. The van der Waals surface area contributed by atoms with Crippen LogP contribution in [0.3, 0.4) is 0 Å². The van der Waals surface area contributed by atoms with Crippen LogP contribution in [0.15, 0.2) is 18.2 Å². The van der Waals surface area contributed by atoms with Gasteiger partial charge in [-0.15, -0.1) is 0 Å². The van der Waals surface area contributed by atoms with Gasteiger partial charge in [-0.3, -0.25) is 15.1 Å². The SMILES string of the molecule is N=C1NC(c2ccc(Cl)c(Cl)c2)(C2CC2)C(=O)N1C1CCOCC1. The molecule has 1 amide bonds. The molecule has 4 rings (SSSR count). The number of benzene rings is 1. The van der Waals surface area contributed by atoms with Gasteiger partial charge in [0.25, 0.3) is 5.91 Å². The van der Waals surface area contributed by atoms with Crippen molar-refractivity contribution in [2.24, 2.45) is 5.92 Å². The van der Waals surface area contributed by atoms with Crippen LogP contribution in [0.4, 0.5) is 0 Å². The zero-order valence-electron chi connectivity index (χ0n) is 13.1. The summed E-state index contributed by atoms with van der Waals surface area (Å²) in [5, 5.41) is 12.5. The number of hydrogen-bond acceptors (Lipinski definition) is 3. The molecule has 1 aliphatic carbocycles. The maximum atomic E-state index is 13.4. The Balaban J connectivity index is 1.74. The molecule has 1 saturated carbocycles. The number of hydrogen-bond donors (Lipinski definition) is 2. The van der Waals surface area contributed by atoms with E-state index in [1.54, 1.807) is 17.0 Å². The first-order valence-electron chi connectivity index (χ1n) is 8.27. The fourth-order valence-corrected chi connectivity index (χ4v) is 4.15. The van der Waals surface area contributed by atoms with Gasteiger partial charge in [-0.05, 0) is 49.3 Å². The molecule has 1 aromatic carbocycles. The highest BCUT2D eigenvalue weighted by atomic mass is 35.5. The van der Waals surface area contributed by atoms with Crippen molar-refractivity contribution in [2.75, 3.05) is 13.2 Å². The minimum atomic E-state index is -0.885. The predicted octanol–water partition coefficient (Wildman–Crippen LogP) is 3.14. The van der Waals surface area contributed by atoms with Crippen molar-refractivity contribution in [3.05, 3.63) is 33.8 Å². The summed E-state index contributed by atoms with van der Waals surface area (Å²) in [6.07, 6.45) is 3.46. The third kappa shape index (κ3) is 2.41. The van der Waals surface area contributed by atoms with Crippen LogP contribution < -0.4 is 5.32 Å². The number of rotatable bonds is 3. The van der Waals surface area contributed by atoms with Crippen LogP contribution in [0, 0.1) is 11.3 Å². The Morgan fingerprint density at radius 1 is 1.17 bits per heavy atom. The van der Waals surface area contributed by atoms with Crippen LogP contribution in [-0.2, 0) is 15.1 Å². The number of nitrogens with zero attached hydrogens (tertiary/aromatic N) is 1. The minimum Gasteiger partial charge on any atom is -0.381 e. The molecule has 2 aliphatic heterocycles. The smallest absolute Gasteiger partial charge is 0.260 e. The van der Waals surface area contributed by atoms with E-state index in [0.717, 1.165) is 31.2 Å². The number of carbonyl (C=O) groups excluding carboxylic acids is 1. The molecule has 3 aliphatic rings. The summed E-state index contributed by atoms with van der Waals surface area (Å²) in [6, 6.07) is 5.35. The van der Waals surface area contributed by atoms with E-state index in [0.29, 0.717) is 23.3 Å². The van der Waals surface area contributed by atoms with E-state index in [4.69, 9.17) is 33.3 Å². The molecule has 1 aromatic rings. The molecule has 2 heterocycles. The number of nitrogens with one attached hydrogen (secondary N) is 2. The largest absolute Gasteiger partial charge is 0.381 e. The summed E-state index contributed by atoms with van der Waals surface area (Å²) >= 11 is 12.2. The van der Waals surface area contributed by atoms with E-state index in [9.17, 15) is 4.79 Å². The second-order valence-electron chi connectivity index (χ2n) is 6.70. The van der Waals surface area contributed by atoms with Gasteiger partial charge < -0.3 is 10.1 Å². The molecular weight excluding hydrogens is 349 g/mol. The van der Waals surface area contributed by atoms with Crippen molar-refractivity contribution in [3.8, 4) is 0 Å². The van der Waals surface area contributed by atoms with Gasteiger partial charge in [0.2, 0.25) is 0 Å². The van der Waals surface area contributed by atoms with Gasteiger partial charge in [0, 0.05) is 19.3 Å². The Hall–Kier alpha value is -1.30. The van der Waals surface area contributed by atoms with Gasteiger partial charge in [-0.2, -0.15) is 0 Å². The number of carbonyl (C=O) groups is 1. The van der Waals surface area contributed by atoms with Crippen LogP contribution in [0.5, 0.6) is 0 Å². The normalized spacial score (nSPS) is 28.3. The van der Waals surface area contributed by atoms with Crippen LogP contribution >= 0.6 is 23.2 Å². The standard InChI is InChI=1S/C17H19Cl2N3O2/c18-13-4-3-11(9-14(13)19)17(10-1-2-10)15(23)22(16(20)21-17)12-5-7-24-8-6-12/h3-4,9-10,12H,1-2,5-8H2,(H2,20,21). The third-order valence-electron chi connectivity index (χ3n) is 5.23. The summed E-state index contributed by atoms with van der Waals surface area (Å²) in [5.41, 5.74) is -0.0902. The molecule has 128 valence electrons. The zero-order chi connectivity index (χ0) is 16.9. The fraction of sp³-hybridized carbons (Fsp3) is 0.529. The van der Waals surface area contributed by atoms with Gasteiger partial charge >= 0.3 is 0 Å². The Labute approximate surface area is 150 Å². The van der Waals surface area contributed by atoms with Gasteiger partial charge in [-0.25, -0.2) is 0 Å². The minimum absolute atomic E-state index is 0.0228. The Bertz CT molecular complexity index is 701. The van der Waals surface area contributed by atoms with Crippen molar-refractivity contribution >= 4 is 35.1 Å². The molecule has 2 saturated heterocycles. The Morgan fingerprint density at radius 2 is 1.88 bits per heavy atom. The number of ether oxygens (including phenoxy) is 1. The van der Waals surface area contributed by atoms with Gasteiger partial charge in [0.05, 0.1) is 10.0 Å². The van der Waals surface area contributed by atoms with E-state index in [2.05, 4.69) is 5.32 Å². The van der Waals surface area contributed by atoms with E-state index in [1.165, 1.54) is 0 Å². The highest BCUT2D eigenvalue weighted by Crippen LogP contribution is 2.50. The number of amides is 1. The molecule has 1 unspecified atom stereocenters. The summed E-state index contributed by atoms with van der Waals surface area (Å²) in [6.45, 7) is 1.26. The van der Waals surface area contributed by atoms with E-state index >= 15 is 0 Å². The van der Waals surface area contributed by atoms with Crippen LogP contribution in [0.2, 0.25) is 10.0 Å². The first-order valence-corrected chi connectivity index (χ1v) is 9.03. The van der Waals surface area contributed by atoms with Crippen molar-refractivity contribution in [1.82, 2.24) is 10.2 Å². The molecule has 0 aromatic heterocycles. The molecule has 0 spiro atoms. The topological polar surface area (TPSA) is 65.4 Å². The quantitative estimate of drug-likeness (QED) is 0.862. The molecular formula is C17H19Cl2N3O2. The first kappa shape index (κ1) is 16.2. The first-order chi connectivity index (χ1) is 11.5. The van der Waals surface area contributed by atoms with Crippen molar-refractivity contribution in [1.29, 1.82) is 5.41 Å². The zero-order valence-corrected chi connectivity index (χ0v) is 14.7. The average Bonchev–Trinajstić information content (AvgIpc) is 3.38. The maximum absolute atomic E-state index is 13.4. The average molecular weight is 368 g/mol. The van der Waals surface area contributed by atoms with Crippen molar-refractivity contribution < 1.29 is 9.53 Å². The van der Waals surface area contributed by atoms with Crippen molar-refractivity contribution in [3.63, 3.8) is 0 Å². The second kappa shape index (κ2) is 5.90. The third-order valence-corrected chi connectivity index (χ3v) is 5.97. The lowest BCUT2D eigenvalue weighted by Gasteiger charge is -2.32. The van der Waals surface area contributed by atoms with Gasteiger partial charge in [0.15, 0.2) is 5.96 Å². The lowest BCUT2D eigenvalue weighted by molar-refractivity contribution is -0.135. The monoisotopic (exact) mass is 367 g/mol. The van der Waals surface area contributed by atoms with Crippen LogP contribution in [0.25, 0.3) is 0 Å². The Morgan fingerprint density at radius 3 is 2.50 bits per heavy atom. The molecule has 0 bridgehead atoms. The lowest BCUT2D eigenvalue weighted by Crippen LogP contribution is -2.48. The second-order valence-corrected chi connectivity index (χ2v) is 7.52. The molecule has 7 heteroatoms. The molecule has 0 radical (unpaired) electrons. The van der Waals surface area contributed by atoms with Crippen LogP contribution in [0.1, 0.15) is 31.2 Å². The highest BCUT2D eigenvalue weighted by Gasteiger charge is 2.60. The van der Waals surface area contributed by atoms with Gasteiger partial charge in [0.1, 0.15) is 5.54 Å². The molecule has 1 atom stereocenters. The summed E-state index contributed by atoms with van der Waals surface area (Å²) in [5.74, 6) is 0.331. The molecule has 5 nitrogen and oxygen atoms in total. The number of halogens is 2.